The summed E-state index contributed by atoms with van der Waals surface area (Å²) in [7, 11) is 0. The van der Waals surface area contributed by atoms with Crippen LogP contribution in [0.15, 0.2) is 120 Å². The molecule has 1 N–H and O–H groups in total. The monoisotopic (exact) mass is 535 g/mol. The van der Waals surface area contributed by atoms with Crippen LogP contribution in [-0.4, -0.2) is 24.3 Å². The molecule has 0 atom stereocenters. The normalized spacial score (nSPS) is 11.1. The number of benzene rings is 4. The zero-order valence-corrected chi connectivity index (χ0v) is 21.8. The Labute approximate surface area is 228 Å². The molecule has 0 bridgehead atoms. The molecule has 0 unspecified atom stereocenters. The number of halogens is 1. The van der Waals surface area contributed by atoms with Crippen molar-refractivity contribution in [2.45, 2.75) is 10.9 Å². The second kappa shape index (κ2) is 10.6. The molecule has 6 aromatic rings. The van der Waals surface area contributed by atoms with Gasteiger partial charge in [-0.1, -0.05) is 103 Å². The molecule has 0 saturated heterocycles. The molecule has 0 saturated carbocycles. The highest BCUT2D eigenvalue weighted by molar-refractivity contribution is 7.98. The topological polar surface area (TPSA) is 51.4 Å². The van der Waals surface area contributed by atoms with Gasteiger partial charge in [-0.15, -0.1) is 0 Å². The van der Waals surface area contributed by atoms with E-state index >= 15 is 0 Å². The number of nitrogens with one attached hydrogen (secondary N) is 1. The quantitative estimate of drug-likeness (QED) is 0.167. The molecule has 2 heterocycles. The summed E-state index contributed by atoms with van der Waals surface area (Å²) >= 11 is 6.98. The van der Waals surface area contributed by atoms with Crippen LogP contribution in [0.2, 0.25) is 0 Å². The third-order valence-corrected chi connectivity index (χ3v) is 7.33. The maximum absolute atomic E-state index is 14.7. The summed E-state index contributed by atoms with van der Waals surface area (Å²) in [4.78, 5) is 5.15. The molecule has 0 aliphatic heterocycles. The van der Waals surface area contributed by atoms with E-state index in [-0.39, 0.29) is 5.82 Å². The molecule has 5 nitrogen and oxygen atoms in total. The van der Waals surface area contributed by atoms with Crippen molar-refractivity contribution < 1.29 is 4.39 Å². The highest BCUT2D eigenvalue weighted by Crippen LogP contribution is 2.39. The van der Waals surface area contributed by atoms with Crippen molar-refractivity contribution in [1.82, 2.24) is 24.3 Å². The van der Waals surface area contributed by atoms with Gasteiger partial charge in [0.15, 0.2) is 9.93 Å². The molecular formula is C30H22FN5S2. The first-order valence-electron chi connectivity index (χ1n) is 12.0. The first-order chi connectivity index (χ1) is 18.7. The summed E-state index contributed by atoms with van der Waals surface area (Å²) in [5, 5.41) is 8.03. The second-order valence-electron chi connectivity index (χ2n) is 8.52. The van der Waals surface area contributed by atoms with Crippen molar-refractivity contribution in [2.24, 2.45) is 0 Å². The Morgan fingerprint density at radius 2 is 1.34 bits per heavy atom. The summed E-state index contributed by atoms with van der Waals surface area (Å²) in [5.74, 6) is 0.670. The fourth-order valence-corrected chi connectivity index (χ4v) is 5.59. The Morgan fingerprint density at radius 3 is 2.03 bits per heavy atom. The maximum Gasteiger partial charge on any atom is 0.199 e. The molecule has 8 heteroatoms. The number of H-pyrrole nitrogens is 1. The van der Waals surface area contributed by atoms with Gasteiger partial charge in [-0.3, -0.25) is 14.2 Å². The van der Waals surface area contributed by atoms with Crippen molar-refractivity contribution in [3.8, 4) is 33.9 Å². The van der Waals surface area contributed by atoms with Crippen LogP contribution in [0.3, 0.4) is 0 Å². The standard InChI is InChI=1S/C30H22FN5S2/c31-24-18-10-11-19-25(24)36-26(33-34-29(36)37)20-38-30-32-27(21-12-4-1-5-13-21)28(22-14-6-2-7-15-22)35(30)23-16-8-3-9-17-23/h1-19H,20H2,(H,34,37). The van der Waals surface area contributed by atoms with Crippen LogP contribution in [0, 0.1) is 10.6 Å². The lowest BCUT2D eigenvalue weighted by Crippen LogP contribution is -2.04. The average Bonchev–Trinajstić information content (AvgIpc) is 3.54. The van der Waals surface area contributed by atoms with Gasteiger partial charge < -0.3 is 0 Å². The highest BCUT2D eigenvalue weighted by Gasteiger charge is 2.22. The van der Waals surface area contributed by atoms with Gasteiger partial charge in [-0.05, 0) is 36.5 Å². The van der Waals surface area contributed by atoms with Gasteiger partial charge >= 0.3 is 0 Å². The molecule has 186 valence electrons. The lowest BCUT2D eigenvalue weighted by Gasteiger charge is -2.13. The van der Waals surface area contributed by atoms with Crippen LogP contribution >= 0.6 is 24.0 Å². The minimum atomic E-state index is -0.361. The van der Waals surface area contributed by atoms with E-state index < -0.39 is 0 Å². The van der Waals surface area contributed by atoms with Gasteiger partial charge in [-0.2, -0.15) is 5.10 Å². The van der Waals surface area contributed by atoms with Crippen LogP contribution < -0.4 is 0 Å². The van der Waals surface area contributed by atoms with Crippen LogP contribution in [-0.2, 0) is 5.75 Å². The van der Waals surface area contributed by atoms with Crippen molar-refractivity contribution in [2.75, 3.05) is 0 Å². The number of para-hydroxylation sites is 2. The molecule has 6 rings (SSSR count). The van der Waals surface area contributed by atoms with Crippen molar-refractivity contribution >= 4 is 24.0 Å². The molecule has 2 aromatic heterocycles. The SMILES string of the molecule is Fc1ccccc1-n1c(CSc2nc(-c3ccccc3)c(-c3ccccc3)n2-c2ccccc2)n[nH]c1=S. The second-order valence-corrected chi connectivity index (χ2v) is 9.84. The minimum Gasteiger partial charge on any atom is -0.287 e. The molecule has 4 aromatic carbocycles. The Hall–Kier alpha value is -4.27. The van der Waals surface area contributed by atoms with E-state index in [1.54, 1.807) is 22.8 Å². The van der Waals surface area contributed by atoms with E-state index in [1.807, 2.05) is 54.6 Å². The van der Waals surface area contributed by atoms with Crippen LogP contribution in [0.5, 0.6) is 0 Å². The van der Waals surface area contributed by atoms with Gasteiger partial charge in [0.2, 0.25) is 0 Å². The predicted molar refractivity (Wildman–Crippen MR) is 153 cm³/mol. The third-order valence-electron chi connectivity index (χ3n) is 6.12. The number of imidazole rings is 1. The average molecular weight is 536 g/mol. The Balaban J connectivity index is 1.50. The van der Waals surface area contributed by atoms with Crippen LogP contribution in [0.1, 0.15) is 5.82 Å². The molecule has 0 radical (unpaired) electrons. The summed E-state index contributed by atoms with van der Waals surface area (Å²) < 4.78 is 18.8. The number of aromatic amines is 1. The molecule has 0 fully saturated rings. The van der Waals surface area contributed by atoms with E-state index in [0.29, 0.717) is 22.0 Å². The summed E-state index contributed by atoms with van der Waals surface area (Å²) in [6.07, 6.45) is 0. The smallest absolute Gasteiger partial charge is 0.199 e. The number of hydrogen-bond donors (Lipinski definition) is 1. The fraction of sp³-hybridized carbons (Fsp3) is 0.0333. The van der Waals surface area contributed by atoms with Crippen molar-refractivity contribution in [1.29, 1.82) is 0 Å². The summed E-state index contributed by atoms with van der Waals surface area (Å²) in [6.45, 7) is 0. The number of rotatable bonds is 7. The van der Waals surface area contributed by atoms with Gasteiger partial charge in [0.25, 0.3) is 0 Å². The highest BCUT2D eigenvalue weighted by atomic mass is 32.2. The Kier molecular flexibility index (Phi) is 6.73. The lowest BCUT2D eigenvalue weighted by molar-refractivity contribution is 0.615. The maximum atomic E-state index is 14.7. The zero-order valence-electron chi connectivity index (χ0n) is 20.2. The van der Waals surface area contributed by atoms with Gasteiger partial charge in [-0.25, -0.2) is 9.37 Å². The van der Waals surface area contributed by atoms with Crippen molar-refractivity contribution in [3.63, 3.8) is 0 Å². The van der Waals surface area contributed by atoms with E-state index in [2.05, 4.69) is 51.2 Å². The van der Waals surface area contributed by atoms with E-state index in [9.17, 15) is 4.39 Å². The third kappa shape index (κ3) is 4.60. The Bertz CT molecular complexity index is 1740. The molecule has 0 aliphatic carbocycles. The predicted octanol–water partition coefficient (Wildman–Crippen LogP) is 7.88. The first-order valence-corrected chi connectivity index (χ1v) is 13.4. The number of nitrogens with zero attached hydrogens (tertiary/aromatic N) is 4. The molecule has 0 spiro atoms. The van der Waals surface area contributed by atoms with E-state index in [0.717, 1.165) is 33.4 Å². The van der Waals surface area contributed by atoms with Gasteiger partial charge in [0.1, 0.15) is 11.6 Å². The van der Waals surface area contributed by atoms with Crippen molar-refractivity contribution in [3.05, 3.63) is 132 Å². The summed E-state index contributed by atoms with van der Waals surface area (Å²) in [6, 6.07) is 37.2. The summed E-state index contributed by atoms with van der Waals surface area (Å²) in [5.41, 5.74) is 5.33. The van der Waals surface area contributed by atoms with Crippen LogP contribution in [0.4, 0.5) is 4.39 Å². The number of hydrogen-bond acceptors (Lipinski definition) is 4. The fourth-order valence-electron chi connectivity index (χ4n) is 4.41. The Morgan fingerprint density at radius 1 is 0.737 bits per heavy atom. The van der Waals surface area contributed by atoms with E-state index in [4.69, 9.17) is 17.2 Å². The number of thioether (sulfide) groups is 1. The zero-order chi connectivity index (χ0) is 25.9. The molecule has 38 heavy (non-hydrogen) atoms. The molecule has 0 amide bonds. The molecular weight excluding hydrogens is 513 g/mol. The lowest BCUT2D eigenvalue weighted by atomic mass is 10.0. The molecule has 0 aliphatic rings. The van der Waals surface area contributed by atoms with Gasteiger partial charge in [0, 0.05) is 16.8 Å². The first kappa shape index (κ1) is 24.1. The van der Waals surface area contributed by atoms with Crippen LogP contribution in [0.25, 0.3) is 33.9 Å². The largest absolute Gasteiger partial charge is 0.287 e. The van der Waals surface area contributed by atoms with E-state index in [1.165, 1.54) is 17.8 Å². The van der Waals surface area contributed by atoms with Gasteiger partial charge in [0.05, 0.1) is 22.8 Å². The number of aromatic nitrogens is 5. The minimum absolute atomic E-state index is 0.340.